The van der Waals surface area contributed by atoms with Crippen molar-refractivity contribution in [2.45, 2.75) is 19.3 Å². The number of halogens is 1. The van der Waals surface area contributed by atoms with E-state index in [0.717, 1.165) is 23.0 Å². The number of ether oxygens (including phenoxy) is 1. The van der Waals surface area contributed by atoms with E-state index in [0.29, 0.717) is 26.1 Å². The number of nitrogens with one attached hydrogen (secondary N) is 1. The van der Waals surface area contributed by atoms with Crippen LogP contribution in [0.2, 0.25) is 0 Å². The Morgan fingerprint density at radius 1 is 1.45 bits per heavy atom. The van der Waals surface area contributed by atoms with Gasteiger partial charge in [0.25, 0.3) is 0 Å². The van der Waals surface area contributed by atoms with Crippen LogP contribution in [0.5, 0.6) is 0 Å². The molecule has 0 saturated carbocycles. The molecule has 1 saturated heterocycles. The summed E-state index contributed by atoms with van der Waals surface area (Å²) in [5.74, 6) is -0.853. The zero-order valence-corrected chi connectivity index (χ0v) is 14.3. The van der Waals surface area contributed by atoms with E-state index in [1.807, 2.05) is 24.3 Å². The minimum absolute atomic E-state index is 0.118. The van der Waals surface area contributed by atoms with Gasteiger partial charge in [-0.05, 0) is 37.5 Å². The summed E-state index contributed by atoms with van der Waals surface area (Å²) >= 11 is 3.40. The van der Waals surface area contributed by atoms with Crippen LogP contribution in [0.15, 0.2) is 28.7 Å². The zero-order chi connectivity index (χ0) is 15.9. The number of rotatable bonds is 7. The van der Waals surface area contributed by atoms with Crippen molar-refractivity contribution in [2.75, 3.05) is 31.7 Å². The van der Waals surface area contributed by atoms with Crippen molar-refractivity contribution in [3.8, 4) is 0 Å². The predicted molar refractivity (Wildman–Crippen MR) is 88.7 cm³/mol. The minimum Gasteiger partial charge on any atom is -0.385 e. The maximum absolute atomic E-state index is 12.4. The number of hydrogen-bond donors (Lipinski definition) is 1. The lowest BCUT2D eigenvalue weighted by Gasteiger charge is -2.17. The largest absolute Gasteiger partial charge is 0.385 e. The summed E-state index contributed by atoms with van der Waals surface area (Å²) in [5.41, 5.74) is 0.828. The summed E-state index contributed by atoms with van der Waals surface area (Å²) in [7, 11) is 1.66. The van der Waals surface area contributed by atoms with Gasteiger partial charge in [-0.15, -0.1) is 0 Å². The molecule has 1 aliphatic rings. The molecular formula is C16H21BrN2O3. The molecule has 1 N–H and O–H groups in total. The Labute approximate surface area is 139 Å². The normalized spacial score (nSPS) is 17.8. The molecule has 1 fully saturated rings. The fraction of sp³-hybridized carbons (Fsp3) is 0.500. The Kier molecular flexibility index (Phi) is 6.39. The SMILES string of the molecule is COCCCCNC(=O)C1CCN(c2cccc(Br)c2)C1=O. The lowest BCUT2D eigenvalue weighted by molar-refractivity contribution is -0.132. The summed E-state index contributed by atoms with van der Waals surface area (Å²) < 4.78 is 5.88. The van der Waals surface area contributed by atoms with Crippen molar-refractivity contribution < 1.29 is 14.3 Å². The summed E-state index contributed by atoms with van der Waals surface area (Å²) in [4.78, 5) is 26.2. The number of hydrogen-bond acceptors (Lipinski definition) is 3. The number of methoxy groups -OCH3 is 1. The van der Waals surface area contributed by atoms with Gasteiger partial charge in [-0.25, -0.2) is 0 Å². The third-order valence-electron chi connectivity index (χ3n) is 3.72. The maximum Gasteiger partial charge on any atom is 0.239 e. The summed E-state index contributed by atoms with van der Waals surface area (Å²) in [5, 5.41) is 2.85. The van der Waals surface area contributed by atoms with Gasteiger partial charge in [0, 0.05) is 37.0 Å². The van der Waals surface area contributed by atoms with Crippen molar-refractivity contribution in [3.05, 3.63) is 28.7 Å². The second-order valence-corrected chi connectivity index (χ2v) is 6.22. The van der Waals surface area contributed by atoms with Crippen LogP contribution in [-0.4, -0.2) is 38.6 Å². The smallest absolute Gasteiger partial charge is 0.239 e. The van der Waals surface area contributed by atoms with Crippen LogP contribution in [-0.2, 0) is 14.3 Å². The quantitative estimate of drug-likeness (QED) is 0.593. The van der Waals surface area contributed by atoms with E-state index in [2.05, 4.69) is 21.2 Å². The standard InChI is InChI=1S/C16H21BrN2O3/c1-22-10-3-2-8-18-15(20)14-7-9-19(16(14)21)13-6-4-5-12(17)11-13/h4-6,11,14H,2-3,7-10H2,1H3,(H,18,20). The second-order valence-electron chi connectivity index (χ2n) is 5.30. The van der Waals surface area contributed by atoms with Gasteiger partial charge in [0.05, 0.1) is 0 Å². The summed E-state index contributed by atoms with van der Waals surface area (Å²) in [6.07, 6.45) is 2.32. The molecule has 120 valence electrons. The van der Waals surface area contributed by atoms with E-state index in [1.165, 1.54) is 0 Å². The molecule has 0 bridgehead atoms. The average molecular weight is 369 g/mol. The minimum atomic E-state index is -0.568. The van der Waals surface area contributed by atoms with Gasteiger partial charge in [0.15, 0.2) is 0 Å². The van der Waals surface area contributed by atoms with Crippen LogP contribution in [0.4, 0.5) is 5.69 Å². The first-order valence-corrected chi connectivity index (χ1v) is 8.26. The molecule has 1 aromatic rings. The average Bonchev–Trinajstić information content (AvgIpc) is 2.88. The van der Waals surface area contributed by atoms with E-state index < -0.39 is 5.92 Å². The van der Waals surface area contributed by atoms with Gasteiger partial charge in [0.2, 0.25) is 11.8 Å². The Morgan fingerprint density at radius 2 is 2.27 bits per heavy atom. The molecule has 1 aromatic carbocycles. The monoisotopic (exact) mass is 368 g/mol. The first-order valence-electron chi connectivity index (χ1n) is 7.47. The summed E-state index contributed by atoms with van der Waals surface area (Å²) in [6.45, 7) is 1.86. The fourth-order valence-electron chi connectivity index (χ4n) is 2.53. The Balaban J connectivity index is 1.87. The molecule has 1 atom stereocenters. The molecular weight excluding hydrogens is 348 g/mol. The molecule has 2 amide bonds. The molecule has 0 spiro atoms. The molecule has 0 aromatic heterocycles. The van der Waals surface area contributed by atoms with Crippen LogP contribution in [0.1, 0.15) is 19.3 Å². The van der Waals surface area contributed by atoms with Crippen molar-refractivity contribution in [3.63, 3.8) is 0 Å². The molecule has 1 heterocycles. The molecule has 22 heavy (non-hydrogen) atoms. The summed E-state index contributed by atoms with van der Waals surface area (Å²) in [6, 6.07) is 7.57. The van der Waals surface area contributed by atoms with Crippen molar-refractivity contribution in [1.82, 2.24) is 5.32 Å². The number of carbonyl (C=O) groups excluding carboxylic acids is 2. The molecule has 1 unspecified atom stereocenters. The molecule has 0 radical (unpaired) electrons. The van der Waals surface area contributed by atoms with Crippen LogP contribution in [0.3, 0.4) is 0 Å². The topological polar surface area (TPSA) is 58.6 Å². The van der Waals surface area contributed by atoms with Gasteiger partial charge < -0.3 is 15.0 Å². The lowest BCUT2D eigenvalue weighted by Crippen LogP contribution is -2.37. The predicted octanol–water partition coefficient (Wildman–Crippen LogP) is 2.34. The number of benzene rings is 1. The maximum atomic E-state index is 12.4. The third kappa shape index (κ3) is 4.30. The first kappa shape index (κ1) is 17.0. The van der Waals surface area contributed by atoms with Gasteiger partial charge in [0.1, 0.15) is 5.92 Å². The fourth-order valence-corrected chi connectivity index (χ4v) is 2.92. The van der Waals surface area contributed by atoms with E-state index in [-0.39, 0.29) is 11.8 Å². The lowest BCUT2D eigenvalue weighted by atomic mass is 10.1. The molecule has 1 aliphatic heterocycles. The molecule has 0 aliphatic carbocycles. The number of carbonyl (C=O) groups is 2. The van der Waals surface area contributed by atoms with Crippen LogP contribution >= 0.6 is 15.9 Å². The second kappa shape index (κ2) is 8.29. The van der Waals surface area contributed by atoms with Gasteiger partial charge in [-0.1, -0.05) is 22.0 Å². The van der Waals surface area contributed by atoms with Gasteiger partial charge in [-0.2, -0.15) is 0 Å². The number of anilines is 1. The van der Waals surface area contributed by atoms with Crippen molar-refractivity contribution >= 4 is 33.4 Å². The van der Waals surface area contributed by atoms with E-state index in [1.54, 1.807) is 12.0 Å². The number of unbranched alkanes of at least 4 members (excludes halogenated alkanes) is 1. The molecule has 5 nitrogen and oxygen atoms in total. The van der Waals surface area contributed by atoms with Crippen molar-refractivity contribution in [2.24, 2.45) is 5.92 Å². The van der Waals surface area contributed by atoms with Crippen molar-refractivity contribution in [1.29, 1.82) is 0 Å². The molecule has 2 rings (SSSR count). The van der Waals surface area contributed by atoms with E-state index in [9.17, 15) is 9.59 Å². The Morgan fingerprint density at radius 3 is 3.00 bits per heavy atom. The van der Waals surface area contributed by atoms with Crippen LogP contribution < -0.4 is 10.2 Å². The highest BCUT2D eigenvalue weighted by Crippen LogP contribution is 2.27. The zero-order valence-electron chi connectivity index (χ0n) is 12.7. The third-order valence-corrected chi connectivity index (χ3v) is 4.21. The Hall–Kier alpha value is -1.40. The number of nitrogens with zero attached hydrogens (tertiary/aromatic N) is 1. The highest BCUT2D eigenvalue weighted by atomic mass is 79.9. The van der Waals surface area contributed by atoms with Crippen LogP contribution in [0.25, 0.3) is 0 Å². The van der Waals surface area contributed by atoms with E-state index >= 15 is 0 Å². The van der Waals surface area contributed by atoms with E-state index in [4.69, 9.17) is 4.74 Å². The number of amides is 2. The van der Waals surface area contributed by atoms with Gasteiger partial charge >= 0.3 is 0 Å². The molecule has 6 heteroatoms. The van der Waals surface area contributed by atoms with Gasteiger partial charge in [-0.3, -0.25) is 9.59 Å². The first-order chi connectivity index (χ1) is 10.6. The highest BCUT2D eigenvalue weighted by molar-refractivity contribution is 9.10. The highest BCUT2D eigenvalue weighted by Gasteiger charge is 2.37. The Bertz CT molecular complexity index is 536. The van der Waals surface area contributed by atoms with Crippen LogP contribution in [0, 0.1) is 5.92 Å².